The lowest BCUT2D eigenvalue weighted by Gasteiger charge is -2.28. The van der Waals surface area contributed by atoms with Gasteiger partial charge in [0.2, 0.25) is 23.6 Å². The molecule has 0 aliphatic rings. The van der Waals surface area contributed by atoms with E-state index >= 15 is 0 Å². The number of carbonyl (C=O) groups excluding carboxylic acids is 5. The molecule has 1 rings (SSSR count). The summed E-state index contributed by atoms with van der Waals surface area (Å²) in [4.78, 5) is 61.3. The lowest BCUT2D eigenvalue weighted by atomic mass is 9.90. The van der Waals surface area contributed by atoms with Gasteiger partial charge in [0.05, 0.1) is 19.6 Å². The first-order chi connectivity index (χ1) is 16.5. The molecule has 35 heavy (non-hydrogen) atoms. The third-order valence-electron chi connectivity index (χ3n) is 5.15. The van der Waals surface area contributed by atoms with Crippen molar-refractivity contribution < 1.29 is 28.7 Å². The molecule has 0 bridgehead atoms. The minimum absolute atomic E-state index is 0.0783. The van der Waals surface area contributed by atoms with Crippen molar-refractivity contribution in [3.63, 3.8) is 0 Å². The summed E-state index contributed by atoms with van der Waals surface area (Å²) in [6.45, 7) is 4.88. The smallest absolute Gasteiger partial charge is 0.242 e. The van der Waals surface area contributed by atoms with E-state index in [1.165, 1.54) is 14.0 Å². The fourth-order valence-corrected chi connectivity index (χ4v) is 4.57. The molecule has 5 N–H and O–H groups in total. The van der Waals surface area contributed by atoms with Gasteiger partial charge >= 0.3 is 0 Å². The summed E-state index contributed by atoms with van der Waals surface area (Å²) in [5.41, 5.74) is 5.90. The molecule has 0 saturated carbocycles. The topological polar surface area (TPSA) is 157 Å². The van der Waals surface area contributed by atoms with Crippen molar-refractivity contribution in [3.05, 3.63) is 29.8 Å². The molecule has 2 unspecified atom stereocenters. The highest BCUT2D eigenvalue weighted by atomic mass is 32.2. The van der Waals surface area contributed by atoms with Crippen LogP contribution in [0.2, 0.25) is 0 Å². The van der Waals surface area contributed by atoms with Crippen LogP contribution in [0, 0.1) is 11.8 Å². The number of carbonyl (C=O) groups is 5. The third kappa shape index (κ3) is 11.3. The highest BCUT2D eigenvalue weighted by Crippen LogP contribution is 2.29. The monoisotopic (exact) mass is 508 g/mol. The van der Waals surface area contributed by atoms with E-state index in [0.29, 0.717) is 12.2 Å². The predicted molar refractivity (Wildman–Crippen MR) is 135 cm³/mol. The number of thioether (sulfide) groups is 1. The summed E-state index contributed by atoms with van der Waals surface area (Å²) < 4.78 is 5.16. The minimum atomic E-state index is -0.859. The summed E-state index contributed by atoms with van der Waals surface area (Å²) in [7, 11) is 3.04. The van der Waals surface area contributed by atoms with Crippen molar-refractivity contribution in [1.29, 1.82) is 0 Å². The zero-order chi connectivity index (χ0) is 26.5. The van der Waals surface area contributed by atoms with E-state index < -0.39 is 34.9 Å². The quantitative estimate of drug-likeness (QED) is 0.289. The Morgan fingerprint density at radius 3 is 2.17 bits per heavy atom. The van der Waals surface area contributed by atoms with E-state index in [4.69, 9.17) is 10.5 Å². The van der Waals surface area contributed by atoms with Gasteiger partial charge in [0.1, 0.15) is 11.8 Å². The van der Waals surface area contributed by atoms with Crippen molar-refractivity contribution in [1.82, 2.24) is 16.0 Å². The van der Waals surface area contributed by atoms with Crippen molar-refractivity contribution >= 4 is 40.5 Å². The van der Waals surface area contributed by atoms with Crippen LogP contribution in [0.1, 0.15) is 39.2 Å². The van der Waals surface area contributed by atoms with Gasteiger partial charge in [-0.15, -0.1) is 0 Å². The first-order valence-electron chi connectivity index (χ1n) is 11.3. The molecule has 0 aromatic heterocycles. The average molecular weight is 509 g/mol. The normalized spacial score (nSPS) is 13.3. The molecular weight excluding hydrogens is 472 g/mol. The molecule has 10 nitrogen and oxygen atoms in total. The molecule has 0 aliphatic heterocycles. The number of likely N-dealkylation sites (N-methyl/N-ethyl adjacent to an activating group) is 1. The number of primary amides is 1. The van der Waals surface area contributed by atoms with Crippen molar-refractivity contribution in [2.45, 2.75) is 51.3 Å². The van der Waals surface area contributed by atoms with Crippen molar-refractivity contribution in [2.24, 2.45) is 17.6 Å². The molecule has 0 heterocycles. The molecule has 0 aliphatic carbocycles. The third-order valence-corrected chi connectivity index (χ3v) is 6.28. The summed E-state index contributed by atoms with van der Waals surface area (Å²) in [6, 6.07) is 6.30. The Morgan fingerprint density at radius 2 is 1.69 bits per heavy atom. The maximum Gasteiger partial charge on any atom is 0.242 e. The number of hydrogen-bond donors (Lipinski definition) is 4. The van der Waals surface area contributed by atoms with Crippen LogP contribution in [0.4, 0.5) is 0 Å². The first kappa shape index (κ1) is 30.0. The number of rotatable bonds is 14. The fourth-order valence-electron chi connectivity index (χ4n) is 3.51. The molecule has 1 aromatic rings. The second kappa shape index (κ2) is 15.0. The Balaban J connectivity index is 3.13. The van der Waals surface area contributed by atoms with Gasteiger partial charge in [-0.25, -0.2) is 0 Å². The Hall–Kier alpha value is -3.08. The first-order valence-corrected chi connectivity index (χ1v) is 12.2. The van der Waals surface area contributed by atoms with Gasteiger partial charge in [-0.05, 0) is 30.0 Å². The highest BCUT2D eigenvalue weighted by Gasteiger charge is 2.34. The lowest BCUT2D eigenvalue weighted by molar-refractivity contribution is -0.131. The lowest BCUT2D eigenvalue weighted by Crippen LogP contribution is -2.50. The molecule has 0 fully saturated rings. The van der Waals surface area contributed by atoms with Crippen molar-refractivity contribution in [3.8, 4) is 5.75 Å². The number of methoxy groups -OCH3 is 1. The number of nitrogens with one attached hydrogen (secondary N) is 3. The molecule has 4 amide bonds. The van der Waals surface area contributed by atoms with E-state index in [1.54, 1.807) is 19.2 Å². The van der Waals surface area contributed by atoms with Gasteiger partial charge in [-0.1, -0.05) is 37.7 Å². The Kier molecular flexibility index (Phi) is 12.9. The minimum Gasteiger partial charge on any atom is -0.497 e. The number of amides is 4. The molecule has 0 saturated heterocycles. The van der Waals surface area contributed by atoms with Crippen LogP contribution in [-0.2, 0) is 30.4 Å². The SMILES string of the molecule is CNC(=O)[C@H](Cc1ccc(OC)cc1)NC(=O)C(CC(C)C)C(CC(=O)NCC(N)=O)SC(C)=O. The van der Waals surface area contributed by atoms with Gasteiger partial charge in [0.15, 0.2) is 5.12 Å². The molecule has 0 spiro atoms. The summed E-state index contributed by atoms with van der Waals surface area (Å²) in [5, 5.41) is 6.85. The summed E-state index contributed by atoms with van der Waals surface area (Å²) >= 11 is 0.899. The molecule has 194 valence electrons. The van der Waals surface area contributed by atoms with Crippen molar-refractivity contribution in [2.75, 3.05) is 20.7 Å². The van der Waals surface area contributed by atoms with Crippen LogP contribution < -0.4 is 26.4 Å². The van der Waals surface area contributed by atoms with Crippen LogP contribution in [0.25, 0.3) is 0 Å². The maximum atomic E-state index is 13.4. The Morgan fingerprint density at radius 1 is 1.06 bits per heavy atom. The van der Waals surface area contributed by atoms with Crippen LogP contribution in [0.15, 0.2) is 24.3 Å². The largest absolute Gasteiger partial charge is 0.497 e. The zero-order valence-electron chi connectivity index (χ0n) is 20.9. The molecule has 3 atom stereocenters. The van der Waals surface area contributed by atoms with E-state index in [2.05, 4.69) is 16.0 Å². The second-order valence-electron chi connectivity index (χ2n) is 8.56. The molecule has 0 radical (unpaired) electrons. The van der Waals surface area contributed by atoms with Gasteiger partial charge in [0, 0.05) is 32.1 Å². The predicted octanol–water partition coefficient (Wildman–Crippen LogP) is 0.771. The van der Waals surface area contributed by atoms with Crippen LogP contribution in [0.5, 0.6) is 5.75 Å². The van der Waals surface area contributed by atoms with E-state index in [0.717, 1.165) is 17.3 Å². The Bertz CT molecular complexity index is 891. The maximum absolute atomic E-state index is 13.4. The summed E-state index contributed by atoms with van der Waals surface area (Å²) in [6.07, 6.45) is 0.474. The number of ether oxygens (including phenoxy) is 1. The van der Waals surface area contributed by atoms with E-state index in [-0.39, 0.29) is 36.3 Å². The zero-order valence-corrected chi connectivity index (χ0v) is 21.7. The standard InChI is InChI=1S/C24H36N4O6S/c1-14(2)10-18(20(35-15(3)29)12-22(31)27-13-21(25)30)23(32)28-19(24(33)26-4)11-16-6-8-17(34-5)9-7-16/h6-9,14,18-20H,10-13H2,1-5H3,(H2,25,30)(H,26,33)(H,27,31)(H,28,32)/t18?,19-,20?/m0/s1. The number of hydrogen-bond acceptors (Lipinski definition) is 7. The second-order valence-corrected chi connectivity index (χ2v) is 9.97. The molecule has 11 heteroatoms. The molecular formula is C24H36N4O6S. The number of benzene rings is 1. The van der Waals surface area contributed by atoms with Gasteiger partial charge in [0.25, 0.3) is 0 Å². The Labute approximate surface area is 210 Å². The van der Waals surface area contributed by atoms with E-state index in [1.807, 2.05) is 26.0 Å². The van der Waals surface area contributed by atoms with Gasteiger partial charge < -0.3 is 26.4 Å². The number of nitrogens with two attached hydrogens (primary N) is 1. The average Bonchev–Trinajstić information content (AvgIpc) is 2.79. The fraction of sp³-hybridized carbons (Fsp3) is 0.542. The molecule has 1 aromatic carbocycles. The van der Waals surface area contributed by atoms with Gasteiger partial charge in [-0.3, -0.25) is 24.0 Å². The van der Waals surface area contributed by atoms with Crippen LogP contribution >= 0.6 is 11.8 Å². The van der Waals surface area contributed by atoms with E-state index in [9.17, 15) is 24.0 Å². The van der Waals surface area contributed by atoms with Crippen LogP contribution in [0.3, 0.4) is 0 Å². The summed E-state index contributed by atoms with van der Waals surface area (Å²) in [5.74, 6) is -1.97. The van der Waals surface area contributed by atoms with Gasteiger partial charge in [-0.2, -0.15) is 0 Å². The van der Waals surface area contributed by atoms with Crippen LogP contribution in [-0.4, -0.2) is 60.7 Å². The highest BCUT2D eigenvalue weighted by molar-refractivity contribution is 8.14.